The van der Waals surface area contributed by atoms with E-state index < -0.39 is 10.0 Å². The number of hydrogen-bond acceptors (Lipinski definition) is 4. The molecule has 0 aliphatic carbocycles. The van der Waals surface area contributed by atoms with E-state index in [2.05, 4.69) is 4.72 Å². The number of aryl methyl sites for hydroxylation is 1. The van der Waals surface area contributed by atoms with Crippen LogP contribution in [0.25, 0.3) is 0 Å². The Hall–Kier alpha value is -2.25. The zero-order valence-electron chi connectivity index (χ0n) is 15.2. The monoisotopic (exact) mass is 408 g/mol. The van der Waals surface area contributed by atoms with Crippen molar-refractivity contribution in [1.82, 2.24) is 0 Å². The molecular weight excluding hydrogens is 388 g/mol. The number of nitrogens with one attached hydrogen (secondary N) is 1. The van der Waals surface area contributed by atoms with Gasteiger partial charge in [-0.25, -0.2) is 8.42 Å². The molecule has 0 spiro atoms. The van der Waals surface area contributed by atoms with Crippen molar-refractivity contribution in [3.05, 3.63) is 47.0 Å². The van der Waals surface area contributed by atoms with E-state index in [9.17, 15) is 13.2 Å². The normalized spacial score (nSPS) is 14.9. The first-order valence-electron chi connectivity index (χ1n) is 8.59. The van der Waals surface area contributed by atoms with Gasteiger partial charge in [0.1, 0.15) is 10.6 Å². The van der Waals surface area contributed by atoms with Crippen LogP contribution in [0.1, 0.15) is 24.8 Å². The van der Waals surface area contributed by atoms with Crippen LogP contribution in [-0.2, 0) is 14.8 Å². The minimum atomic E-state index is -3.92. The first-order chi connectivity index (χ1) is 12.8. The number of rotatable bonds is 5. The molecule has 1 saturated heterocycles. The Morgan fingerprint density at radius 2 is 1.93 bits per heavy atom. The molecule has 1 aliphatic heterocycles. The average Bonchev–Trinajstić information content (AvgIpc) is 2.64. The van der Waals surface area contributed by atoms with Gasteiger partial charge in [0.25, 0.3) is 10.0 Å². The maximum absolute atomic E-state index is 12.8. The van der Waals surface area contributed by atoms with Crippen molar-refractivity contribution >= 4 is 38.9 Å². The zero-order valence-corrected chi connectivity index (χ0v) is 16.7. The van der Waals surface area contributed by atoms with E-state index in [1.807, 2.05) is 6.92 Å². The maximum atomic E-state index is 12.8. The van der Waals surface area contributed by atoms with Crippen LogP contribution in [0.2, 0.25) is 5.02 Å². The molecule has 27 heavy (non-hydrogen) atoms. The second-order valence-electron chi connectivity index (χ2n) is 6.40. The van der Waals surface area contributed by atoms with Crippen LogP contribution in [0.5, 0.6) is 5.75 Å². The van der Waals surface area contributed by atoms with Gasteiger partial charge in [-0.05, 0) is 55.7 Å². The third kappa shape index (κ3) is 4.20. The minimum absolute atomic E-state index is 0.0475. The van der Waals surface area contributed by atoms with E-state index in [0.29, 0.717) is 23.7 Å². The van der Waals surface area contributed by atoms with E-state index in [1.165, 1.54) is 19.2 Å². The summed E-state index contributed by atoms with van der Waals surface area (Å²) in [5.41, 5.74) is 2.00. The summed E-state index contributed by atoms with van der Waals surface area (Å²) < 4.78 is 33.4. The lowest BCUT2D eigenvalue weighted by Crippen LogP contribution is -2.35. The van der Waals surface area contributed by atoms with Crippen LogP contribution in [0.4, 0.5) is 11.4 Å². The van der Waals surface area contributed by atoms with Crippen LogP contribution in [0, 0.1) is 6.92 Å². The molecule has 0 atom stereocenters. The molecule has 0 unspecified atom stereocenters. The van der Waals surface area contributed by atoms with Gasteiger partial charge in [0.2, 0.25) is 5.91 Å². The fourth-order valence-corrected chi connectivity index (χ4v) is 4.58. The highest BCUT2D eigenvalue weighted by molar-refractivity contribution is 7.92. The highest BCUT2D eigenvalue weighted by Gasteiger charge is 2.23. The second-order valence-corrected chi connectivity index (χ2v) is 8.49. The number of methoxy groups -OCH3 is 1. The standard InChI is InChI=1S/C19H21ClN2O4S/c1-13-6-8-15(12-16(13)22-10-4-3-5-19(22)23)21-27(24,25)18-11-14(20)7-9-17(18)26-2/h6-9,11-12,21H,3-5,10H2,1-2H3. The van der Waals surface area contributed by atoms with E-state index in [1.54, 1.807) is 29.2 Å². The van der Waals surface area contributed by atoms with E-state index in [4.69, 9.17) is 16.3 Å². The number of halogens is 1. The fourth-order valence-electron chi connectivity index (χ4n) is 3.09. The van der Waals surface area contributed by atoms with Gasteiger partial charge in [-0.2, -0.15) is 0 Å². The molecule has 1 amide bonds. The lowest BCUT2D eigenvalue weighted by Gasteiger charge is -2.28. The molecule has 6 nitrogen and oxygen atoms in total. The van der Waals surface area contributed by atoms with Crippen LogP contribution >= 0.6 is 11.6 Å². The van der Waals surface area contributed by atoms with Gasteiger partial charge in [0.15, 0.2) is 0 Å². The molecule has 0 saturated carbocycles. The van der Waals surface area contributed by atoms with Gasteiger partial charge < -0.3 is 9.64 Å². The number of amides is 1. The number of anilines is 2. The highest BCUT2D eigenvalue weighted by Crippen LogP contribution is 2.31. The Balaban J connectivity index is 1.95. The minimum Gasteiger partial charge on any atom is -0.495 e. The molecule has 3 rings (SSSR count). The van der Waals surface area contributed by atoms with Crippen molar-refractivity contribution in [2.45, 2.75) is 31.1 Å². The first kappa shape index (κ1) is 19.5. The first-order valence-corrected chi connectivity index (χ1v) is 10.5. The van der Waals surface area contributed by atoms with E-state index in [0.717, 1.165) is 24.1 Å². The van der Waals surface area contributed by atoms with Crippen molar-refractivity contribution in [3.8, 4) is 5.75 Å². The molecule has 1 aliphatic rings. The molecular formula is C19H21ClN2O4S. The van der Waals surface area contributed by atoms with Crippen molar-refractivity contribution < 1.29 is 17.9 Å². The molecule has 0 aromatic heterocycles. The number of benzene rings is 2. The third-order valence-electron chi connectivity index (χ3n) is 4.49. The van der Waals surface area contributed by atoms with Crippen LogP contribution < -0.4 is 14.4 Å². The average molecular weight is 409 g/mol. The number of carbonyl (C=O) groups excluding carboxylic acids is 1. The number of nitrogens with zero attached hydrogens (tertiary/aromatic N) is 1. The summed E-state index contributed by atoms with van der Waals surface area (Å²) in [4.78, 5) is 13.9. The zero-order chi connectivity index (χ0) is 19.6. The number of carbonyl (C=O) groups is 1. The van der Waals surface area contributed by atoms with Gasteiger partial charge in [-0.1, -0.05) is 17.7 Å². The summed E-state index contributed by atoms with van der Waals surface area (Å²) in [5, 5.41) is 0.291. The number of hydrogen-bond donors (Lipinski definition) is 1. The number of ether oxygens (including phenoxy) is 1. The van der Waals surface area contributed by atoms with Gasteiger partial charge in [-0.15, -0.1) is 0 Å². The lowest BCUT2D eigenvalue weighted by molar-refractivity contribution is -0.119. The predicted octanol–water partition coefficient (Wildman–Crippen LogP) is 3.97. The lowest BCUT2D eigenvalue weighted by atomic mass is 10.1. The van der Waals surface area contributed by atoms with Crippen LogP contribution in [0.3, 0.4) is 0 Å². The summed E-state index contributed by atoms with van der Waals surface area (Å²) >= 11 is 5.95. The van der Waals surface area contributed by atoms with E-state index >= 15 is 0 Å². The topological polar surface area (TPSA) is 75.7 Å². The predicted molar refractivity (Wildman–Crippen MR) is 106 cm³/mol. The molecule has 8 heteroatoms. The SMILES string of the molecule is COc1ccc(Cl)cc1S(=O)(=O)Nc1ccc(C)c(N2CCCCC2=O)c1. The Labute approximate surface area is 164 Å². The van der Waals surface area contributed by atoms with Gasteiger partial charge in [0, 0.05) is 23.7 Å². The van der Waals surface area contributed by atoms with Gasteiger partial charge in [-0.3, -0.25) is 9.52 Å². The van der Waals surface area contributed by atoms with Crippen LogP contribution in [0.15, 0.2) is 41.3 Å². The summed E-state index contributed by atoms with van der Waals surface area (Å²) in [5.74, 6) is 0.256. The summed E-state index contributed by atoms with van der Waals surface area (Å²) in [6.07, 6.45) is 2.32. The summed E-state index contributed by atoms with van der Waals surface area (Å²) in [7, 11) is -2.52. The Morgan fingerprint density at radius 3 is 2.63 bits per heavy atom. The molecule has 1 N–H and O–H groups in total. The third-order valence-corrected chi connectivity index (χ3v) is 6.13. The molecule has 0 bridgehead atoms. The highest BCUT2D eigenvalue weighted by atomic mass is 35.5. The molecule has 2 aromatic rings. The largest absolute Gasteiger partial charge is 0.495 e. The van der Waals surface area contributed by atoms with Crippen molar-refractivity contribution in [1.29, 1.82) is 0 Å². The Bertz CT molecular complexity index is 976. The van der Waals surface area contributed by atoms with E-state index in [-0.39, 0.29) is 16.6 Å². The molecule has 2 aromatic carbocycles. The molecule has 1 fully saturated rings. The Kier molecular flexibility index (Phi) is 5.62. The smallest absolute Gasteiger partial charge is 0.265 e. The molecule has 144 valence electrons. The number of piperidine rings is 1. The quantitative estimate of drug-likeness (QED) is 0.812. The maximum Gasteiger partial charge on any atom is 0.265 e. The molecule has 1 heterocycles. The van der Waals surface area contributed by atoms with Crippen molar-refractivity contribution in [2.75, 3.05) is 23.3 Å². The van der Waals surface area contributed by atoms with Gasteiger partial charge >= 0.3 is 0 Å². The fraction of sp³-hybridized carbons (Fsp3) is 0.316. The van der Waals surface area contributed by atoms with Crippen molar-refractivity contribution in [2.24, 2.45) is 0 Å². The van der Waals surface area contributed by atoms with Crippen molar-refractivity contribution in [3.63, 3.8) is 0 Å². The Morgan fingerprint density at radius 1 is 1.15 bits per heavy atom. The second kappa shape index (κ2) is 7.78. The molecule has 0 radical (unpaired) electrons. The number of sulfonamides is 1. The summed E-state index contributed by atoms with van der Waals surface area (Å²) in [6, 6.07) is 9.56. The van der Waals surface area contributed by atoms with Crippen LogP contribution in [-0.4, -0.2) is 28.0 Å². The van der Waals surface area contributed by atoms with Gasteiger partial charge in [0.05, 0.1) is 12.8 Å². The summed E-state index contributed by atoms with van der Waals surface area (Å²) in [6.45, 7) is 2.54.